The predicted octanol–water partition coefficient (Wildman–Crippen LogP) is 5.75. The lowest BCUT2D eigenvalue weighted by atomic mass is 10.1. The SMILES string of the molecule is Cc1ccc(CN2CCN(C(=O)c3cc4cc(Cl)ccc4n3Cc3ccc(F)cc3)CC2)cc1. The van der Waals surface area contributed by atoms with E-state index in [0.29, 0.717) is 30.4 Å². The van der Waals surface area contributed by atoms with Gasteiger partial charge < -0.3 is 9.47 Å². The van der Waals surface area contributed by atoms with Gasteiger partial charge in [0.15, 0.2) is 0 Å². The van der Waals surface area contributed by atoms with E-state index in [2.05, 4.69) is 36.1 Å². The summed E-state index contributed by atoms with van der Waals surface area (Å²) >= 11 is 6.23. The molecule has 4 aromatic rings. The molecule has 1 saturated heterocycles. The van der Waals surface area contributed by atoms with Gasteiger partial charge in [-0.3, -0.25) is 9.69 Å². The molecular weight excluding hydrogens is 449 g/mol. The number of hydrogen-bond acceptors (Lipinski definition) is 2. The van der Waals surface area contributed by atoms with E-state index in [-0.39, 0.29) is 11.7 Å². The molecule has 1 aromatic heterocycles. The largest absolute Gasteiger partial charge is 0.335 e. The minimum atomic E-state index is -0.271. The van der Waals surface area contributed by atoms with Crippen molar-refractivity contribution in [1.29, 1.82) is 0 Å². The highest BCUT2D eigenvalue weighted by Crippen LogP contribution is 2.26. The number of aromatic nitrogens is 1. The molecule has 1 fully saturated rings. The number of halogens is 2. The molecule has 0 radical (unpaired) electrons. The fraction of sp³-hybridized carbons (Fsp3) is 0.250. The van der Waals surface area contributed by atoms with Crippen molar-refractivity contribution in [2.75, 3.05) is 26.2 Å². The van der Waals surface area contributed by atoms with Gasteiger partial charge in [-0.25, -0.2) is 4.39 Å². The van der Waals surface area contributed by atoms with Crippen LogP contribution in [0.3, 0.4) is 0 Å². The maximum absolute atomic E-state index is 13.6. The van der Waals surface area contributed by atoms with Gasteiger partial charge in [-0.05, 0) is 54.4 Å². The van der Waals surface area contributed by atoms with E-state index in [4.69, 9.17) is 11.6 Å². The lowest BCUT2D eigenvalue weighted by molar-refractivity contribution is 0.0619. The van der Waals surface area contributed by atoms with Gasteiger partial charge in [0.1, 0.15) is 11.5 Å². The average molecular weight is 476 g/mol. The molecule has 0 N–H and O–H groups in total. The van der Waals surface area contributed by atoms with Gasteiger partial charge in [-0.15, -0.1) is 0 Å². The monoisotopic (exact) mass is 475 g/mol. The van der Waals surface area contributed by atoms with E-state index in [1.165, 1.54) is 23.3 Å². The molecule has 0 aliphatic carbocycles. The van der Waals surface area contributed by atoms with Crippen molar-refractivity contribution < 1.29 is 9.18 Å². The first-order valence-electron chi connectivity index (χ1n) is 11.6. The van der Waals surface area contributed by atoms with Gasteiger partial charge in [0.05, 0.1) is 0 Å². The van der Waals surface area contributed by atoms with Crippen LogP contribution >= 0.6 is 11.6 Å². The summed E-state index contributed by atoms with van der Waals surface area (Å²) in [7, 11) is 0. The van der Waals surface area contributed by atoms with E-state index in [1.807, 2.05) is 33.7 Å². The number of aryl methyl sites for hydroxylation is 1. The number of rotatable bonds is 5. The lowest BCUT2D eigenvalue weighted by Gasteiger charge is -2.35. The topological polar surface area (TPSA) is 28.5 Å². The number of benzene rings is 3. The van der Waals surface area contributed by atoms with Gasteiger partial charge >= 0.3 is 0 Å². The predicted molar refractivity (Wildman–Crippen MR) is 135 cm³/mol. The Labute approximate surface area is 204 Å². The van der Waals surface area contributed by atoms with Crippen LogP contribution in [-0.4, -0.2) is 46.5 Å². The maximum atomic E-state index is 13.6. The van der Waals surface area contributed by atoms with Crippen molar-refractivity contribution in [3.63, 3.8) is 0 Å². The van der Waals surface area contributed by atoms with Crippen LogP contribution in [0.15, 0.2) is 72.8 Å². The molecule has 174 valence electrons. The second-order valence-corrected chi connectivity index (χ2v) is 9.44. The van der Waals surface area contributed by atoms with Gasteiger partial charge in [0, 0.05) is 55.2 Å². The second-order valence-electron chi connectivity index (χ2n) is 9.00. The van der Waals surface area contributed by atoms with Gasteiger partial charge in [-0.2, -0.15) is 0 Å². The summed E-state index contributed by atoms with van der Waals surface area (Å²) in [4.78, 5) is 17.9. The molecule has 0 bridgehead atoms. The van der Waals surface area contributed by atoms with Gasteiger partial charge in [0.25, 0.3) is 5.91 Å². The number of fused-ring (bicyclic) bond motifs is 1. The maximum Gasteiger partial charge on any atom is 0.270 e. The Kier molecular flexibility index (Phi) is 6.40. The van der Waals surface area contributed by atoms with Crippen LogP contribution in [-0.2, 0) is 13.1 Å². The quantitative estimate of drug-likeness (QED) is 0.368. The number of nitrogens with zero attached hydrogens (tertiary/aromatic N) is 3. The van der Waals surface area contributed by atoms with Crippen molar-refractivity contribution in [3.8, 4) is 0 Å². The fourth-order valence-electron chi connectivity index (χ4n) is 4.58. The first-order valence-corrected chi connectivity index (χ1v) is 11.9. The number of carbonyl (C=O) groups excluding carboxylic acids is 1. The van der Waals surface area contributed by atoms with Crippen molar-refractivity contribution in [3.05, 3.63) is 106 Å². The molecule has 0 spiro atoms. The molecule has 0 atom stereocenters. The van der Waals surface area contributed by atoms with Crippen molar-refractivity contribution in [2.45, 2.75) is 20.0 Å². The van der Waals surface area contributed by atoms with Crippen LogP contribution < -0.4 is 0 Å². The number of piperazine rings is 1. The highest BCUT2D eigenvalue weighted by atomic mass is 35.5. The summed E-state index contributed by atoms with van der Waals surface area (Å²) in [6.45, 7) is 6.52. The minimum Gasteiger partial charge on any atom is -0.335 e. The third-order valence-electron chi connectivity index (χ3n) is 6.52. The van der Waals surface area contributed by atoms with Crippen molar-refractivity contribution >= 4 is 28.4 Å². The van der Waals surface area contributed by atoms with E-state index in [9.17, 15) is 9.18 Å². The molecule has 34 heavy (non-hydrogen) atoms. The summed E-state index contributed by atoms with van der Waals surface area (Å²) in [5, 5.41) is 1.56. The Balaban J connectivity index is 1.35. The van der Waals surface area contributed by atoms with Crippen LogP contribution in [0.5, 0.6) is 0 Å². The van der Waals surface area contributed by atoms with E-state index >= 15 is 0 Å². The second kappa shape index (κ2) is 9.61. The highest BCUT2D eigenvalue weighted by Gasteiger charge is 2.25. The number of hydrogen-bond donors (Lipinski definition) is 0. The standard InChI is InChI=1S/C28H27ClFN3O/c1-20-2-4-21(5-3-20)18-31-12-14-32(15-13-31)28(34)27-17-23-16-24(29)8-11-26(23)33(27)19-22-6-9-25(30)10-7-22/h2-11,16-17H,12-15,18-19H2,1H3. The van der Waals surface area contributed by atoms with Crippen LogP contribution in [0, 0.1) is 12.7 Å². The molecule has 3 aromatic carbocycles. The van der Waals surface area contributed by atoms with Crippen molar-refractivity contribution in [1.82, 2.24) is 14.4 Å². The van der Waals surface area contributed by atoms with E-state index < -0.39 is 0 Å². The molecule has 0 saturated carbocycles. The highest BCUT2D eigenvalue weighted by molar-refractivity contribution is 6.31. The molecule has 6 heteroatoms. The summed E-state index contributed by atoms with van der Waals surface area (Å²) < 4.78 is 15.4. The zero-order valence-electron chi connectivity index (χ0n) is 19.2. The third-order valence-corrected chi connectivity index (χ3v) is 6.76. The normalized spacial score (nSPS) is 14.6. The number of amides is 1. The Morgan fingerprint density at radius 1 is 0.853 bits per heavy atom. The van der Waals surface area contributed by atoms with Crippen LogP contribution in [0.2, 0.25) is 5.02 Å². The van der Waals surface area contributed by atoms with E-state index in [1.54, 1.807) is 12.1 Å². The first-order chi connectivity index (χ1) is 16.5. The number of carbonyl (C=O) groups is 1. The molecule has 1 amide bonds. The van der Waals surface area contributed by atoms with Crippen LogP contribution in [0.25, 0.3) is 10.9 Å². The van der Waals surface area contributed by atoms with Crippen molar-refractivity contribution in [2.24, 2.45) is 0 Å². The molecule has 0 unspecified atom stereocenters. The van der Waals surface area contributed by atoms with Crippen LogP contribution in [0.1, 0.15) is 27.2 Å². The van der Waals surface area contributed by atoms with Gasteiger partial charge in [0.2, 0.25) is 0 Å². The minimum absolute atomic E-state index is 0.0180. The smallest absolute Gasteiger partial charge is 0.270 e. The zero-order chi connectivity index (χ0) is 23.7. The van der Waals surface area contributed by atoms with E-state index in [0.717, 1.165) is 36.1 Å². The Bertz CT molecular complexity index is 1310. The first kappa shape index (κ1) is 22.6. The summed E-state index contributed by atoms with van der Waals surface area (Å²) in [6, 6.07) is 22.6. The summed E-state index contributed by atoms with van der Waals surface area (Å²) in [6.07, 6.45) is 0. The third kappa shape index (κ3) is 4.86. The average Bonchev–Trinajstić information content (AvgIpc) is 3.19. The molecule has 2 heterocycles. The van der Waals surface area contributed by atoms with Crippen LogP contribution in [0.4, 0.5) is 4.39 Å². The molecule has 1 aliphatic rings. The molecule has 1 aliphatic heterocycles. The fourth-order valence-corrected chi connectivity index (χ4v) is 4.77. The molecule has 4 nitrogen and oxygen atoms in total. The Hall–Kier alpha value is -3.15. The summed E-state index contributed by atoms with van der Waals surface area (Å²) in [5.74, 6) is -0.253. The Morgan fingerprint density at radius 3 is 2.21 bits per heavy atom. The summed E-state index contributed by atoms with van der Waals surface area (Å²) in [5.41, 5.74) is 5.06. The Morgan fingerprint density at radius 2 is 1.50 bits per heavy atom. The molecule has 5 rings (SSSR count). The molecular formula is C28H27ClFN3O. The van der Waals surface area contributed by atoms with Gasteiger partial charge in [-0.1, -0.05) is 53.6 Å². The lowest BCUT2D eigenvalue weighted by Crippen LogP contribution is -2.48. The zero-order valence-corrected chi connectivity index (χ0v) is 19.9.